The molecule has 7 heteroatoms. The van der Waals surface area contributed by atoms with Crippen LogP contribution in [0.3, 0.4) is 0 Å². The summed E-state index contributed by atoms with van der Waals surface area (Å²) in [6.45, 7) is 2.52. The summed E-state index contributed by atoms with van der Waals surface area (Å²) < 4.78 is 19.4. The number of amides is 1. The molecular formula is C19H22FN3O2S. The van der Waals surface area contributed by atoms with Crippen LogP contribution in [0.2, 0.25) is 0 Å². The molecule has 0 aliphatic carbocycles. The van der Waals surface area contributed by atoms with Crippen LogP contribution in [0.1, 0.15) is 24.8 Å². The fraction of sp³-hybridized carbons (Fsp3) is 0.474. The molecule has 1 amide bonds. The van der Waals surface area contributed by atoms with Gasteiger partial charge in [0.15, 0.2) is 5.13 Å². The van der Waals surface area contributed by atoms with Crippen molar-refractivity contribution < 1.29 is 13.9 Å². The number of aromatic nitrogens is 1. The highest BCUT2D eigenvalue weighted by atomic mass is 32.1. The van der Waals surface area contributed by atoms with Crippen LogP contribution in [-0.4, -0.2) is 42.5 Å². The third-order valence-electron chi connectivity index (χ3n) is 5.48. The number of benzene rings is 1. The molecule has 2 aromatic rings. The van der Waals surface area contributed by atoms with Crippen molar-refractivity contribution in [3.8, 4) is 5.75 Å². The normalized spacial score (nSPS) is 23.1. The van der Waals surface area contributed by atoms with Gasteiger partial charge in [-0.15, -0.1) is 11.3 Å². The first kappa shape index (κ1) is 17.3. The molecule has 138 valence electrons. The molecule has 2 aliphatic heterocycles. The van der Waals surface area contributed by atoms with Crippen molar-refractivity contribution in [2.45, 2.75) is 25.8 Å². The van der Waals surface area contributed by atoms with Gasteiger partial charge in [0.25, 0.3) is 0 Å². The first-order valence-corrected chi connectivity index (χ1v) is 9.75. The lowest BCUT2D eigenvalue weighted by Crippen LogP contribution is -2.49. The van der Waals surface area contributed by atoms with Gasteiger partial charge >= 0.3 is 0 Å². The van der Waals surface area contributed by atoms with Crippen LogP contribution in [0.4, 0.5) is 9.52 Å². The van der Waals surface area contributed by atoms with Crippen LogP contribution in [0.25, 0.3) is 0 Å². The Hall–Kier alpha value is -2.15. The maximum Gasteiger partial charge on any atom is 0.230 e. The summed E-state index contributed by atoms with van der Waals surface area (Å²) in [6, 6.07) is 4.68. The Balaban J connectivity index is 1.52. The zero-order valence-electron chi connectivity index (χ0n) is 14.8. The molecule has 3 heterocycles. The third kappa shape index (κ3) is 3.05. The smallest absolute Gasteiger partial charge is 0.230 e. The van der Waals surface area contributed by atoms with Gasteiger partial charge in [0, 0.05) is 43.3 Å². The van der Waals surface area contributed by atoms with Crippen LogP contribution in [0, 0.1) is 11.2 Å². The first-order valence-electron chi connectivity index (χ1n) is 8.87. The van der Waals surface area contributed by atoms with E-state index in [2.05, 4.69) is 9.88 Å². The minimum atomic E-state index is -0.362. The zero-order chi connectivity index (χ0) is 18.1. The largest absolute Gasteiger partial charge is 0.497 e. The molecule has 0 unspecified atom stereocenters. The molecule has 26 heavy (non-hydrogen) atoms. The van der Waals surface area contributed by atoms with Gasteiger partial charge in [0.1, 0.15) is 11.6 Å². The number of methoxy groups -OCH3 is 1. The van der Waals surface area contributed by atoms with Gasteiger partial charge in [-0.1, -0.05) is 0 Å². The molecular weight excluding hydrogens is 353 g/mol. The molecule has 0 bridgehead atoms. The maximum absolute atomic E-state index is 14.2. The molecule has 2 aliphatic rings. The number of carbonyl (C=O) groups is 1. The lowest BCUT2D eigenvalue weighted by atomic mass is 9.78. The number of ether oxygens (including phenoxy) is 1. The highest BCUT2D eigenvalue weighted by molar-refractivity contribution is 7.13. The Labute approximate surface area is 156 Å². The average molecular weight is 375 g/mol. The monoisotopic (exact) mass is 375 g/mol. The van der Waals surface area contributed by atoms with Gasteiger partial charge in [-0.05, 0) is 37.5 Å². The Morgan fingerprint density at radius 3 is 3.00 bits per heavy atom. The van der Waals surface area contributed by atoms with Crippen LogP contribution in [0.5, 0.6) is 5.75 Å². The standard InChI is InChI=1S/C19H22FN3O2S/c1-25-15-3-4-16(20)14(11-15)12-22-8-2-5-19(17(22)24)6-9-23(13-19)18-21-7-10-26-18/h3-4,7,10-11H,2,5-6,8-9,12-13H2,1H3/t19-/m0/s1. The molecule has 4 rings (SSSR count). The Morgan fingerprint density at radius 2 is 2.23 bits per heavy atom. The number of halogens is 1. The molecule has 1 spiro atoms. The predicted octanol–water partition coefficient (Wildman–Crippen LogP) is 3.31. The van der Waals surface area contributed by atoms with E-state index in [1.165, 1.54) is 6.07 Å². The van der Waals surface area contributed by atoms with Crippen LogP contribution in [-0.2, 0) is 11.3 Å². The fourth-order valence-electron chi connectivity index (χ4n) is 4.09. The Morgan fingerprint density at radius 1 is 1.35 bits per heavy atom. The molecule has 0 radical (unpaired) electrons. The minimum absolute atomic E-state index is 0.144. The molecule has 1 aromatic carbocycles. The van der Waals surface area contributed by atoms with Crippen molar-refractivity contribution in [2.75, 3.05) is 31.6 Å². The zero-order valence-corrected chi connectivity index (χ0v) is 15.6. The predicted molar refractivity (Wildman–Crippen MR) is 99.0 cm³/mol. The SMILES string of the molecule is COc1ccc(F)c(CN2CCC[C@@]3(CCN(c4nccs4)C3)C2=O)c1. The topological polar surface area (TPSA) is 45.7 Å². The second-order valence-electron chi connectivity index (χ2n) is 7.05. The van der Waals surface area contributed by atoms with E-state index < -0.39 is 0 Å². The highest BCUT2D eigenvalue weighted by Crippen LogP contribution is 2.42. The first-order chi connectivity index (χ1) is 12.6. The Kier molecular flexibility index (Phi) is 4.56. The number of anilines is 1. The van der Waals surface area contributed by atoms with Gasteiger partial charge in [-0.3, -0.25) is 4.79 Å². The summed E-state index contributed by atoms with van der Waals surface area (Å²) in [5, 5.41) is 2.94. The van der Waals surface area contributed by atoms with Gasteiger partial charge in [0.05, 0.1) is 12.5 Å². The number of likely N-dealkylation sites (tertiary alicyclic amines) is 1. The minimum Gasteiger partial charge on any atom is -0.497 e. The van der Waals surface area contributed by atoms with E-state index >= 15 is 0 Å². The lowest BCUT2D eigenvalue weighted by molar-refractivity contribution is -0.145. The van der Waals surface area contributed by atoms with E-state index in [0.29, 0.717) is 30.9 Å². The summed E-state index contributed by atoms with van der Waals surface area (Å²) in [5.74, 6) is 0.454. The summed E-state index contributed by atoms with van der Waals surface area (Å²) in [4.78, 5) is 21.7. The van der Waals surface area contributed by atoms with Crippen molar-refractivity contribution in [1.29, 1.82) is 0 Å². The van der Waals surface area contributed by atoms with Gasteiger partial charge in [-0.25, -0.2) is 9.37 Å². The van der Waals surface area contributed by atoms with E-state index in [4.69, 9.17) is 4.74 Å². The van der Waals surface area contributed by atoms with Crippen molar-refractivity contribution in [2.24, 2.45) is 5.41 Å². The summed E-state index contributed by atoms with van der Waals surface area (Å²) in [5.41, 5.74) is 0.142. The average Bonchev–Trinajstić information content (AvgIpc) is 3.31. The third-order valence-corrected chi connectivity index (χ3v) is 6.31. The van der Waals surface area contributed by atoms with Gasteiger partial charge in [-0.2, -0.15) is 0 Å². The number of hydrogen-bond acceptors (Lipinski definition) is 5. The summed E-state index contributed by atoms with van der Waals surface area (Å²) in [7, 11) is 1.56. The second kappa shape index (κ2) is 6.87. The molecule has 1 atom stereocenters. The van der Waals surface area contributed by atoms with E-state index in [-0.39, 0.29) is 17.1 Å². The van der Waals surface area contributed by atoms with Crippen molar-refractivity contribution >= 4 is 22.4 Å². The van der Waals surface area contributed by atoms with E-state index in [1.807, 2.05) is 10.3 Å². The molecule has 0 N–H and O–H groups in total. The summed E-state index contributed by atoms with van der Waals surface area (Å²) in [6.07, 6.45) is 4.47. The van der Waals surface area contributed by atoms with Crippen molar-refractivity contribution in [1.82, 2.24) is 9.88 Å². The molecule has 1 aromatic heterocycles. The number of carbonyl (C=O) groups excluding carboxylic acids is 1. The van der Waals surface area contributed by atoms with Crippen molar-refractivity contribution in [3.05, 3.63) is 41.2 Å². The Bertz CT molecular complexity index is 798. The van der Waals surface area contributed by atoms with Crippen LogP contribution >= 0.6 is 11.3 Å². The molecule has 0 saturated carbocycles. The van der Waals surface area contributed by atoms with Crippen LogP contribution < -0.4 is 9.64 Å². The highest BCUT2D eigenvalue weighted by Gasteiger charge is 2.48. The summed E-state index contributed by atoms with van der Waals surface area (Å²) >= 11 is 1.60. The maximum atomic E-state index is 14.2. The molecule has 2 saturated heterocycles. The molecule has 2 fully saturated rings. The fourth-order valence-corrected chi connectivity index (χ4v) is 4.76. The van der Waals surface area contributed by atoms with Crippen molar-refractivity contribution in [3.63, 3.8) is 0 Å². The van der Waals surface area contributed by atoms with E-state index in [0.717, 1.165) is 30.9 Å². The second-order valence-corrected chi connectivity index (χ2v) is 7.93. The number of thiazole rings is 1. The van der Waals surface area contributed by atoms with E-state index in [1.54, 1.807) is 36.8 Å². The van der Waals surface area contributed by atoms with Gasteiger partial charge in [0.2, 0.25) is 5.91 Å². The van der Waals surface area contributed by atoms with Crippen LogP contribution in [0.15, 0.2) is 29.8 Å². The number of rotatable bonds is 4. The molecule has 5 nitrogen and oxygen atoms in total. The quantitative estimate of drug-likeness (QED) is 0.823. The number of hydrogen-bond donors (Lipinski definition) is 0. The lowest BCUT2D eigenvalue weighted by Gasteiger charge is -2.39. The number of nitrogens with zero attached hydrogens (tertiary/aromatic N) is 3. The number of piperidine rings is 1. The van der Waals surface area contributed by atoms with Gasteiger partial charge < -0.3 is 14.5 Å². The van der Waals surface area contributed by atoms with E-state index in [9.17, 15) is 9.18 Å².